The van der Waals surface area contributed by atoms with Gasteiger partial charge in [0.15, 0.2) is 33.4 Å². The molecule has 2 atom stereocenters. The number of benzene rings is 1. The number of thiazole rings is 1. The van der Waals surface area contributed by atoms with Crippen LogP contribution in [0.1, 0.15) is 24.8 Å². The van der Waals surface area contributed by atoms with Crippen LogP contribution in [0.4, 0.5) is 19.7 Å². The Morgan fingerprint density at radius 2 is 2.11 bits per heavy atom. The lowest BCUT2D eigenvalue weighted by Crippen LogP contribution is -2.28. The van der Waals surface area contributed by atoms with Gasteiger partial charge in [0.25, 0.3) is 0 Å². The minimum absolute atomic E-state index is 0.0926. The summed E-state index contributed by atoms with van der Waals surface area (Å²) in [4.78, 5) is 13.1. The molecule has 4 N–H and O–H groups in total. The largest absolute Gasteiger partial charge is 0.391 e. The second kappa shape index (κ2) is 7.53. The summed E-state index contributed by atoms with van der Waals surface area (Å²) in [5.41, 5.74) is 6.50. The van der Waals surface area contributed by atoms with Crippen LogP contribution in [0.2, 0.25) is 0 Å². The molecule has 6 nitrogen and oxygen atoms in total. The minimum Gasteiger partial charge on any atom is -0.391 e. The Labute approximate surface area is 162 Å². The van der Waals surface area contributed by atoms with E-state index in [0.717, 1.165) is 25.3 Å². The number of nitrogen functional groups attached to an aromatic ring is 1. The van der Waals surface area contributed by atoms with Crippen molar-refractivity contribution in [3.63, 3.8) is 0 Å². The van der Waals surface area contributed by atoms with E-state index >= 15 is 0 Å². The molecule has 2 heterocycles. The molecule has 142 valence electrons. The van der Waals surface area contributed by atoms with Crippen molar-refractivity contribution in [3.8, 4) is 0 Å². The van der Waals surface area contributed by atoms with Crippen molar-refractivity contribution in [1.29, 1.82) is 0 Å². The first-order chi connectivity index (χ1) is 13.0. The molecule has 0 aliphatic heterocycles. The van der Waals surface area contributed by atoms with E-state index in [2.05, 4.69) is 20.3 Å². The van der Waals surface area contributed by atoms with E-state index < -0.39 is 17.7 Å². The summed E-state index contributed by atoms with van der Waals surface area (Å²) < 4.78 is 27.9. The van der Waals surface area contributed by atoms with Crippen molar-refractivity contribution >= 4 is 44.4 Å². The van der Waals surface area contributed by atoms with Crippen LogP contribution >= 0.6 is 23.1 Å². The summed E-state index contributed by atoms with van der Waals surface area (Å²) in [6.45, 7) is 0. The van der Waals surface area contributed by atoms with Gasteiger partial charge in [0.1, 0.15) is 4.70 Å². The average molecular weight is 409 g/mol. The van der Waals surface area contributed by atoms with Crippen LogP contribution in [0.15, 0.2) is 23.4 Å². The van der Waals surface area contributed by atoms with Gasteiger partial charge >= 0.3 is 0 Å². The fourth-order valence-corrected chi connectivity index (χ4v) is 4.61. The van der Waals surface area contributed by atoms with Crippen molar-refractivity contribution in [2.24, 2.45) is 0 Å². The second-order valence-corrected chi connectivity index (χ2v) is 8.28. The topological polar surface area (TPSA) is 97.0 Å². The van der Waals surface area contributed by atoms with Gasteiger partial charge in [-0.05, 0) is 25.3 Å². The molecule has 1 aromatic carbocycles. The van der Waals surface area contributed by atoms with Gasteiger partial charge in [-0.1, -0.05) is 35.2 Å². The third kappa shape index (κ3) is 3.83. The highest BCUT2D eigenvalue weighted by Gasteiger charge is 2.26. The molecular formula is C17H17F2N5OS2. The quantitative estimate of drug-likeness (QED) is 0.438. The lowest BCUT2D eigenvalue weighted by molar-refractivity contribution is 0.171. The van der Waals surface area contributed by atoms with Gasteiger partial charge in [-0.15, -0.1) is 0 Å². The zero-order valence-corrected chi connectivity index (χ0v) is 15.8. The van der Waals surface area contributed by atoms with Crippen molar-refractivity contribution in [1.82, 2.24) is 15.0 Å². The lowest BCUT2D eigenvalue weighted by Gasteiger charge is -2.17. The van der Waals surface area contributed by atoms with Crippen molar-refractivity contribution in [2.75, 3.05) is 11.1 Å². The van der Waals surface area contributed by atoms with Gasteiger partial charge in [0.2, 0.25) is 0 Å². The first-order valence-corrected chi connectivity index (χ1v) is 10.3. The minimum atomic E-state index is -0.880. The maximum Gasteiger partial charge on any atom is 0.191 e. The Morgan fingerprint density at radius 1 is 1.26 bits per heavy atom. The molecule has 0 amide bonds. The van der Waals surface area contributed by atoms with E-state index in [-0.39, 0.29) is 17.4 Å². The number of halogens is 2. The molecule has 3 aromatic rings. The smallest absolute Gasteiger partial charge is 0.191 e. The summed E-state index contributed by atoms with van der Waals surface area (Å²) in [6, 6.07) is 3.98. The van der Waals surface area contributed by atoms with Crippen LogP contribution in [0.5, 0.6) is 0 Å². The van der Waals surface area contributed by atoms with E-state index in [9.17, 15) is 13.9 Å². The molecule has 10 heteroatoms. The molecule has 4 rings (SSSR count). The molecule has 0 radical (unpaired) electrons. The number of hydrogen-bond donors (Lipinski definition) is 3. The van der Waals surface area contributed by atoms with Gasteiger partial charge in [0, 0.05) is 11.3 Å². The maximum atomic E-state index is 13.9. The molecule has 2 unspecified atom stereocenters. The zero-order chi connectivity index (χ0) is 19.0. The van der Waals surface area contributed by atoms with Crippen LogP contribution in [0, 0.1) is 11.6 Å². The number of rotatable bonds is 5. The lowest BCUT2D eigenvalue weighted by atomic mass is 10.2. The highest BCUT2D eigenvalue weighted by atomic mass is 32.2. The van der Waals surface area contributed by atoms with E-state index in [4.69, 9.17) is 5.73 Å². The van der Waals surface area contributed by atoms with Gasteiger partial charge in [0.05, 0.1) is 12.1 Å². The highest BCUT2D eigenvalue weighted by Crippen LogP contribution is 2.33. The monoisotopic (exact) mass is 409 g/mol. The van der Waals surface area contributed by atoms with E-state index in [1.807, 2.05) is 0 Å². The third-order valence-corrected chi connectivity index (χ3v) is 6.22. The first kappa shape index (κ1) is 18.3. The summed E-state index contributed by atoms with van der Waals surface area (Å²) in [7, 11) is 0. The number of nitrogens with two attached hydrogens (primary N) is 1. The van der Waals surface area contributed by atoms with Crippen molar-refractivity contribution in [3.05, 3.63) is 35.4 Å². The summed E-state index contributed by atoms with van der Waals surface area (Å²) in [5, 5.41) is 14.1. The predicted molar refractivity (Wildman–Crippen MR) is 103 cm³/mol. The molecule has 0 bridgehead atoms. The van der Waals surface area contributed by atoms with Crippen molar-refractivity contribution in [2.45, 2.75) is 42.3 Å². The fraction of sp³-hybridized carbons (Fsp3) is 0.353. The second-order valence-electron chi connectivity index (χ2n) is 6.31. The molecule has 1 fully saturated rings. The molecule has 2 aromatic heterocycles. The van der Waals surface area contributed by atoms with Crippen molar-refractivity contribution < 1.29 is 13.9 Å². The summed E-state index contributed by atoms with van der Waals surface area (Å²) in [5.74, 6) is -1.01. The number of hydrogen-bond acceptors (Lipinski definition) is 8. The number of nitrogens with zero attached hydrogens (tertiary/aromatic N) is 3. The molecule has 0 spiro atoms. The Balaban J connectivity index is 1.61. The molecule has 1 saturated carbocycles. The van der Waals surface area contributed by atoms with Crippen LogP contribution < -0.4 is 11.1 Å². The molecule has 0 saturated heterocycles. The number of thioether (sulfide) groups is 1. The number of anilines is 2. The average Bonchev–Trinajstić information content (AvgIpc) is 3.21. The van der Waals surface area contributed by atoms with Gasteiger partial charge in [-0.3, -0.25) is 0 Å². The maximum absolute atomic E-state index is 13.9. The number of aliphatic hydroxyl groups excluding tert-OH is 1. The number of fused-ring (bicyclic) bond motifs is 1. The Morgan fingerprint density at radius 3 is 2.89 bits per heavy atom. The molecule has 1 aliphatic carbocycles. The van der Waals surface area contributed by atoms with Gasteiger partial charge < -0.3 is 16.2 Å². The number of nitrogens with one attached hydrogen (secondary N) is 1. The highest BCUT2D eigenvalue weighted by molar-refractivity contribution is 7.98. The van der Waals surface area contributed by atoms with Gasteiger partial charge in [-0.25, -0.2) is 23.7 Å². The summed E-state index contributed by atoms with van der Waals surface area (Å²) >= 11 is 2.46. The normalized spacial score (nSPS) is 19.7. The van der Waals surface area contributed by atoms with Crippen LogP contribution in [0.25, 0.3) is 10.3 Å². The van der Waals surface area contributed by atoms with Crippen LogP contribution in [-0.2, 0) is 5.75 Å². The predicted octanol–water partition coefficient (Wildman–Crippen LogP) is 3.56. The fourth-order valence-electron chi connectivity index (χ4n) is 3.07. The SMILES string of the molecule is Nc1nc2nc(SCc3cccc(F)c3F)nc(NC3CCCC3O)c2s1. The van der Waals surface area contributed by atoms with E-state index in [1.165, 1.54) is 35.2 Å². The number of aromatic nitrogens is 3. The molecule has 27 heavy (non-hydrogen) atoms. The van der Waals surface area contributed by atoms with E-state index in [1.54, 1.807) is 0 Å². The Bertz CT molecular complexity index is 983. The standard InChI is InChI=1S/C17H17F2N5OS2/c18-9-4-1-3-8(12(9)19)7-26-17-23-14(21-10-5-2-6-11(10)25)13-15(24-17)22-16(20)27-13/h1,3-4,10-11,25H,2,5-7H2,(H3,20,21,22,23,24). The Kier molecular flexibility index (Phi) is 5.11. The molecular weight excluding hydrogens is 392 g/mol. The Hall–Kier alpha value is -2.04. The number of aliphatic hydroxyl groups is 1. The molecule has 1 aliphatic rings. The first-order valence-electron chi connectivity index (χ1n) is 8.45. The van der Waals surface area contributed by atoms with Gasteiger partial charge in [-0.2, -0.15) is 0 Å². The summed E-state index contributed by atoms with van der Waals surface area (Å²) in [6.07, 6.45) is 2.10. The van der Waals surface area contributed by atoms with E-state index in [0.29, 0.717) is 26.5 Å². The zero-order valence-electron chi connectivity index (χ0n) is 14.2. The van der Waals surface area contributed by atoms with Crippen LogP contribution in [0.3, 0.4) is 0 Å². The third-order valence-electron chi connectivity index (χ3n) is 4.44. The van der Waals surface area contributed by atoms with Crippen LogP contribution in [-0.4, -0.2) is 32.2 Å².